The van der Waals surface area contributed by atoms with Crippen molar-refractivity contribution < 1.29 is 9.59 Å². The number of carbonyl (C=O) groups is 2. The monoisotopic (exact) mass is 258 g/mol. The van der Waals surface area contributed by atoms with E-state index in [0.717, 1.165) is 25.7 Å². The van der Waals surface area contributed by atoms with Crippen molar-refractivity contribution in [3.8, 4) is 0 Å². The van der Waals surface area contributed by atoms with Crippen molar-refractivity contribution in [2.24, 2.45) is 5.41 Å². The van der Waals surface area contributed by atoms with Gasteiger partial charge in [0.05, 0.1) is 11.1 Å². The van der Waals surface area contributed by atoms with Crippen molar-refractivity contribution >= 4 is 23.2 Å². The summed E-state index contributed by atoms with van der Waals surface area (Å²) < 4.78 is 0. The predicted octanol–water partition coefficient (Wildman–Crippen LogP) is 2.48. The van der Waals surface area contributed by atoms with Gasteiger partial charge in [0, 0.05) is 12.1 Å². The Balaban J connectivity index is 1.95. The van der Waals surface area contributed by atoms with E-state index in [0.29, 0.717) is 17.8 Å². The summed E-state index contributed by atoms with van der Waals surface area (Å²) in [6.45, 7) is 0. The smallest absolute Gasteiger partial charge is 0.240 e. The Morgan fingerprint density at radius 2 is 1.84 bits per heavy atom. The van der Waals surface area contributed by atoms with Gasteiger partial charge in [-0.25, -0.2) is 4.90 Å². The van der Waals surface area contributed by atoms with Crippen LogP contribution in [0.15, 0.2) is 24.3 Å². The van der Waals surface area contributed by atoms with Crippen LogP contribution in [-0.2, 0) is 9.59 Å². The minimum Gasteiger partial charge on any atom is -0.399 e. The molecule has 4 heteroatoms. The van der Waals surface area contributed by atoms with Crippen LogP contribution in [0.3, 0.4) is 0 Å². The third-order valence-electron chi connectivity index (χ3n) is 4.33. The molecule has 1 aliphatic heterocycles. The van der Waals surface area contributed by atoms with Crippen molar-refractivity contribution in [1.82, 2.24) is 0 Å². The third-order valence-corrected chi connectivity index (χ3v) is 4.33. The summed E-state index contributed by atoms with van der Waals surface area (Å²) in [5, 5.41) is 0. The molecular weight excluding hydrogens is 240 g/mol. The Labute approximate surface area is 112 Å². The normalized spacial score (nSPS) is 22.2. The number of rotatable bonds is 1. The molecular formula is C15H18N2O2. The molecule has 1 saturated carbocycles. The molecule has 2 aliphatic rings. The first-order valence-electron chi connectivity index (χ1n) is 6.85. The molecule has 2 amide bonds. The van der Waals surface area contributed by atoms with Gasteiger partial charge < -0.3 is 5.73 Å². The van der Waals surface area contributed by atoms with E-state index in [1.165, 1.54) is 11.3 Å². The standard InChI is InChI=1S/C15H18N2O2/c16-11-5-4-6-12(9-11)17-13(18)10-15(14(17)19)7-2-1-3-8-15/h4-6,9H,1-3,7-8,10,16H2. The van der Waals surface area contributed by atoms with Crippen LogP contribution in [0.4, 0.5) is 11.4 Å². The summed E-state index contributed by atoms with van der Waals surface area (Å²) in [6.07, 6.45) is 5.31. The molecule has 0 radical (unpaired) electrons. The second kappa shape index (κ2) is 4.37. The van der Waals surface area contributed by atoms with Gasteiger partial charge in [0.25, 0.3) is 0 Å². The highest BCUT2D eigenvalue weighted by molar-refractivity contribution is 6.22. The summed E-state index contributed by atoms with van der Waals surface area (Å²) in [5.41, 5.74) is 6.49. The van der Waals surface area contributed by atoms with Crippen molar-refractivity contribution in [2.45, 2.75) is 38.5 Å². The maximum atomic E-state index is 12.7. The van der Waals surface area contributed by atoms with E-state index in [1.54, 1.807) is 24.3 Å². The highest BCUT2D eigenvalue weighted by Crippen LogP contribution is 2.46. The minimum atomic E-state index is -0.431. The number of nitrogens with zero attached hydrogens (tertiary/aromatic N) is 1. The molecule has 100 valence electrons. The molecule has 1 heterocycles. The molecule has 1 saturated heterocycles. The number of imide groups is 1. The van der Waals surface area contributed by atoms with Gasteiger partial charge in [-0.15, -0.1) is 0 Å². The lowest BCUT2D eigenvalue weighted by molar-refractivity contribution is -0.127. The van der Waals surface area contributed by atoms with Gasteiger partial charge in [0.15, 0.2) is 0 Å². The van der Waals surface area contributed by atoms with Crippen LogP contribution in [0.1, 0.15) is 38.5 Å². The number of amides is 2. The molecule has 3 rings (SSSR count). The molecule has 0 unspecified atom stereocenters. The second-order valence-electron chi connectivity index (χ2n) is 5.65. The van der Waals surface area contributed by atoms with Gasteiger partial charge in [-0.2, -0.15) is 0 Å². The Morgan fingerprint density at radius 1 is 1.11 bits per heavy atom. The lowest BCUT2D eigenvalue weighted by atomic mass is 9.73. The summed E-state index contributed by atoms with van der Waals surface area (Å²) in [7, 11) is 0. The molecule has 4 nitrogen and oxygen atoms in total. The Bertz CT molecular complexity index is 533. The van der Waals surface area contributed by atoms with Crippen LogP contribution >= 0.6 is 0 Å². The van der Waals surface area contributed by atoms with Gasteiger partial charge in [0.2, 0.25) is 11.8 Å². The van der Waals surface area contributed by atoms with Crippen LogP contribution in [0, 0.1) is 5.41 Å². The van der Waals surface area contributed by atoms with Crippen LogP contribution in [-0.4, -0.2) is 11.8 Å². The summed E-state index contributed by atoms with van der Waals surface area (Å²) in [4.78, 5) is 26.2. The summed E-state index contributed by atoms with van der Waals surface area (Å²) in [6, 6.07) is 6.99. The van der Waals surface area contributed by atoms with E-state index >= 15 is 0 Å². The maximum Gasteiger partial charge on any atom is 0.240 e. The van der Waals surface area contributed by atoms with Gasteiger partial charge >= 0.3 is 0 Å². The van der Waals surface area contributed by atoms with E-state index in [2.05, 4.69) is 0 Å². The number of nitrogens with two attached hydrogens (primary N) is 1. The van der Waals surface area contributed by atoms with E-state index < -0.39 is 5.41 Å². The third kappa shape index (κ3) is 1.91. The van der Waals surface area contributed by atoms with Gasteiger partial charge in [-0.05, 0) is 31.0 Å². The number of anilines is 2. The highest BCUT2D eigenvalue weighted by atomic mass is 16.2. The largest absolute Gasteiger partial charge is 0.399 e. The molecule has 1 aliphatic carbocycles. The molecule has 0 bridgehead atoms. The maximum absolute atomic E-state index is 12.7. The van der Waals surface area contributed by atoms with E-state index in [-0.39, 0.29) is 11.8 Å². The SMILES string of the molecule is Nc1cccc(N2C(=O)CC3(CCCCC3)C2=O)c1. The van der Waals surface area contributed by atoms with Gasteiger partial charge in [-0.3, -0.25) is 9.59 Å². The average molecular weight is 258 g/mol. The topological polar surface area (TPSA) is 63.4 Å². The molecule has 2 N–H and O–H groups in total. The van der Waals surface area contributed by atoms with E-state index in [9.17, 15) is 9.59 Å². The van der Waals surface area contributed by atoms with E-state index in [4.69, 9.17) is 5.73 Å². The van der Waals surface area contributed by atoms with Crippen LogP contribution in [0.25, 0.3) is 0 Å². The predicted molar refractivity (Wildman–Crippen MR) is 73.5 cm³/mol. The molecule has 19 heavy (non-hydrogen) atoms. The van der Waals surface area contributed by atoms with Crippen molar-refractivity contribution in [2.75, 3.05) is 10.6 Å². The molecule has 1 spiro atoms. The molecule has 0 aromatic heterocycles. The first kappa shape index (κ1) is 12.2. The van der Waals surface area contributed by atoms with Gasteiger partial charge in [0.1, 0.15) is 0 Å². The van der Waals surface area contributed by atoms with Crippen molar-refractivity contribution in [1.29, 1.82) is 0 Å². The quantitative estimate of drug-likeness (QED) is 0.621. The number of carbonyl (C=O) groups excluding carboxylic acids is 2. The van der Waals surface area contributed by atoms with Crippen LogP contribution < -0.4 is 10.6 Å². The zero-order valence-corrected chi connectivity index (χ0v) is 10.9. The van der Waals surface area contributed by atoms with Crippen molar-refractivity contribution in [3.05, 3.63) is 24.3 Å². The fourth-order valence-electron chi connectivity index (χ4n) is 3.34. The second-order valence-corrected chi connectivity index (χ2v) is 5.65. The van der Waals surface area contributed by atoms with Crippen molar-refractivity contribution in [3.63, 3.8) is 0 Å². The summed E-state index contributed by atoms with van der Waals surface area (Å²) >= 11 is 0. The Hall–Kier alpha value is -1.84. The highest BCUT2D eigenvalue weighted by Gasteiger charge is 2.51. The fraction of sp³-hybridized carbons (Fsp3) is 0.467. The molecule has 2 fully saturated rings. The molecule has 1 aromatic carbocycles. The summed E-state index contributed by atoms with van der Waals surface area (Å²) in [5.74, 6) is -0.111. The number of nitrogen functional groups attached to an aromatic ring is 1. The Morgan fingerprint density at radius 3 is 2.53 bits per heavy atom. The zero-order chi connectivity index (χ0) is 13.5. The molecule has 1 aromatic rings. The lowest BCUT2D eigenvalue weighted by Gasteiger charge is -2.30. The lowest BCUT2D eigenvalue weighted by Crippen LogP contribution is -2.36. The first-order chi connectivity index (χ1) is 9.12. The van der Waals surface area contributed by atoms with Crippen LogP contribution in [0.2, 0.25) is 0 Å². The number of hydrogen-bond donors (Lipinski definition) is 1. The van der Waals surface area contributed by atoms with E-state index in [1.807, 2.05) is 0 Å². The molecule has 0 atom stereocenters. The first-order valence-corrected chi connectivity index (χ1v) is 6.85. The zero-order valence-electron chi connectivity index (χ0n) is 10.9. The van der Waals surface area contributed by atoms with Crippen LogP contribution in [0.5, 0.6) is 0 Å². The Kier molecular flexibility index (Phi) is 2.81. The number of benzene rings is 1. The number of hydrogen-bond acceptors (Lipinski definition) is 3. The van der Waals surface area contributed by atoms with Gasteiger partial charge in [-0.1, -0.05) is 25.3 Å². The fourth-order valence-corrected chi connectivity index (χ4v) is 3.34. The average Bonchev–Trinajstić information content (AvgIpc) is 2.62. The minimum absolute atomic E-state index is 0.0252.